The summed E-state index contributed by atoms with van der Waals surface area (Å²) in [6, 6.07) is 0.619. The molecule has 2 heterocycles. The third-order valence-electron chi connectivity index (χ3n) is 3.60. The van der Waals surface area contributed by atoms with Gasteiger partial charge in [0.1, 0.15) is 0 Å². The van der Waals surface area contributed by atoms with Gasteiger partial charge in [-0.2, -0.15) is 11.8 Å². The maximum Gasteiger partial charge on any atom is 0.307 e. The van der Waals surface area contributed by atoms with Gasteiger partial charge in [-0.3, -0.25) is 9.69 Å². The lowest BCUT2D eigenvalue weighted by molar-refractivity contribution is -0.141. The first-order valence-electron chi connectivity index (χ1n) is 5.77. The number of carboxylic acids is 1. The number of rotatable bonds is 2. The molecular weight excluding hydrogens is 210 g/mol. The second-order valence-electron chi connectivity index (χ2n) is 4.60. The topological polar surface area (TPSA) is 40.5 Å². The summed E-state index contributed by atoms with van der Waals surface area (Å²) in [4.78, 5) is 13.3. The highest BCUT2D eigenvalue weighted by Gasteiger charge is 2.35. The minimum atomic E-state index is -0.617. The van der Waals surface area contributed by atoms with Crippen molar-refractivity contribution in [1.82, 2.24) is 4.90 Å². The molecule has 0 spiro atoms. The first-order chi connectivity index (χ1) is 7.18. The van der Waals surface area contributed by atoms with Gasteiger partial charge in [-0.25, -0.2) is 0 Å². The molecule has 0 radical (unpaired) electrons. The smallest absolute Gasteiger partial charge is 0.307 e. The van der Waals surface area contributed by atoms with E-state index in [2.05, 4.69) is 11.8 Å². The number of nitrogens with zero attached hydrogens (tertiary/aromatic N) is 1. The zero-order chi connectivity index (χ0) is 10.8. The Kier molecular flexibility index (Phi) is 3.57. The first kappa shape index (κ1) is 11.3. The lowest BCUT2D eigenvalue weighted by Gasteiger charge is -2.35. The van der Waals surface area contributed by atoms with Crippen molar-refractivity contribution >= 4 is 17.7 Å². The minimum absolute atomic E-state index is 0.121. The fourth-order valence-corrected chi connectivity index (χ4v) is 3.91. The molecule has 4 heteroatoms. The molecule has 1 N–H and O–H groups in total. The van der Waals surface area contributed by atoms with Crippen LogP contribution in [0.15, 0.2) is 0 Å². The van der Waals surface area contributed by atoms with Crippen LogP contribution in [0.2, 0.25) is 0 Å². The Morgan fingerprint density at radius 2 is 2.27 bits per heavy atom. The third kappa shape index (κ3) is 2.48. The van der Waals surface area contributed by atoms with Crippen LogP contribution in [0.3, 0.4) is 0 Å². The van der Waals surface area contributed by atoms with Crippen LogP contribution in [0, 0.1) is 5.92 Å². The Morgan fingerprint density at radius 1 is 1.47 bits per heavy atom. The van der Waals surface area contributed by atoms with Crippen molar-refractivity contribution in [2.24, 2.45) is 5.92 Å². The summed E-state index contributed by atoms with van der Waals surface area (Å²) in [6.45, 7) is 4.03. The lowest BCUT2D eigenvalue weighted by atomic mass is 10.1. The number of hydrogen-bond acceptors (Lipinski definition) is 3. The van der Waals surface area contributed by atoms with Gasteiger partial charge < -0.3 is 5.11 Å². The third-order valence-corrected chi connectivity index (χ3v) is 4.97. The maximum absolute atomic E-state index is 10.9. The van der Waals surface area contributed by atoms with E-state index in [1.165, 1.54) is 18.6 Å². The Labute approximate surface area is 95.2 Å². The van der Waals surface area contributed by atoms with Crippen LogP contribution in [0.5, 0.6) is 0 Å². The van der Waals surface area contributed by atoms with E-state index in [0.29, 0.717) is 11.3 Å². The van der Waals surface area contributed by atoms with Crippen LogP contribution >= 0.6 is 11.8 Å². The molecule has 3 atom stereocenters. The molecule has 0 aliphatic carbocycles. The molecule has 0 saturated carbocycles. The summed E-state index contributed by atoms with van der Waals surface area (Å²) >= 11 is 2.03. The SMILES string of the molecule is CC1SCCCC1N1CCC(C(=O)O)C1. The number of likely N-dealkylation sites (tertiary alicyclic amines) is 1. The van der Waals surface area contributed by atoms with E-state index in [1.807, 2.05) is 11.8 Å². The normalized spacial score (nSPS) is 38.1. The molecule has 86 valence electrons. The van der Waals surface area contributed by atoms with Gasteiger partial charge in [0.05, 0.1) is 5.92 Å². The van der Waals surface area contributed by atoms with Gasteiger partial charge in [-0.1, -0.05) is 6.92 Å². The van der Waals surface area contributed by atoms with Crippen LogP contribution in [-0.2, 0) is 4.79 Å². The molecule has 2 aliphatic rings. The molecule has 0 aromatic heterocycles. The summed E-state index contributed by atoms with van der Waals surface area (Å²) < 4.78 is 0. The lowest BCUT2D eigenvalue weighted by Crippen LogP contribution is -2.42. The van der Waals surface area contributed by atoms with Gasteiger partial charge in [0.25, 0.3) is 0 Å². The van der Waals surface area contributed by atoms with E-state index in [1.54, 1.807) is 0 Å². The van der Waals surface area contributed by atoms with Crippen LogP contribution in [0.4, 0.5) is 0 Å². The standard InChI is InChI=1S/C11H19NO2S/c1-8-10(3-2-6-15-8)12-5-4-9(7-12)11(13)14/h8-10H,2-7H2,1H3,(H,13,14). The summed E-state index contributed by atoms with van der Waals surface area (Å²) in [5.41, 5.74) is 0. The molecule has 0 aromatic rings. The Bertz CT molecular complexity index is 247. The fourth-order valence-electron chi connectivity index (χ4n) is 2.68. The molecule has 2 rings (SSSR count). The first-order valence-corrected chi connectivity index (χ1v) is 6.82. The van der Waals surface area contributed by atoms with Crippen LogP contribution in [-0.4, -0.2) is 46.1 Å². The minimum Gasteiger partial charge on any atom is -0.481 e. The average Bonchev–Trinajstić information content (AvgIpc) is 2.67. The van der Waals surface area contributed by atoms with Gasteiger partial charge in [0.15, 0.2) is 0 Å². The van der Waals surface area contributed by atoms with Crippen molar-refractivity contribution in [2.75, 3.05) is 18.8 Å². The highest BCUT2D eigenvalue weighted by Crippen LogP contribution is 2.32. The van der Waals surface area contributed by atoms with Crippen molar-refractivity contribution in [3.8, 4) is 0 Å². The molecule has 2 fully saturated rings. The van der Waals surface area contributed by atoms with Gasteiger partial charge in [0, 0.05) is 17.8 Å². The van der Waals surface area contributed by atoms with Gasteiger partial charge in [0.2, 0.25) is 0 Å². The Hall–Kier alpha value is -0.220. The van der Waals surface area contributed by atoms with Crippen molar-refractivity contribution in [3.63, 3.8) is 0 Å². The van der Waals surface area contributed by atoms with Gasteiger partial charge in [-0.05, 0) is 31.6 Å². The van der Waals surface area contributed by atoms with Crippen molar-refractivity contribution < 1.29 is 9.90 Å². The van der Waals surface area contributed by atoms with Gasteiger partial charge in [-0.15, -0.1) is 0 Å². The molecule has 15 heavy (non-hydrogen) atoms. The highest BCUT2D eigenvalue weighted by atomic mass is 32.2. The molecule has 3 nitrogen and oxygen atoms in total. The van der Waals surface area contributed by atoms with Gasteiger partial charge >= 0.3 is 5.97 Å². The van der Waals surface area contributed by atoms with E-state index in [9.17, 15) is 4.79 Å². The molecule has 2 aliphatic heterocycles. The summed E-state index contributed by atoms with van der Waals surface area (Å²) in [5, 5.41) is 9.64. The predicted molar refractivity (Wildman–Crippen MR) is 62.3 cm³/mol. The highest BCUT2D eigenvalue weighted by molar-refractivity contribution is 7.99. The predicted octanol–water partition coefficient (Wildman–Crippen LogP) is 1.68. The largest absolute Gasteiger partial charge is 0.481 e. The molecule has 0 bridgehead atoms. The van der Waals surface area contributed by atoms with Crippen molar-refractivity contribution in [3.05, 3.63) is 0 Å². The number of aliphatic carboxylic acids is 1. The van der Waals surface area contributed by atoms with Crippen molar-refractivity contribution in [1.29, 1.82) is 0 Å². The number of carboxylic acid groups (broad SMARTS) is 1. The summed E-state index contributed by atoms with van der Waals surface area (Å²) in [5.74, 6) is 0.533. The van der Waals surface area contributed by atoms with Crippen LogP contribution in [0.1, 0.15) is 26.2 Å². The van der Waals surface area contributed by atoms with E-state index >= 15 is 0 Å². The quantitative estimate of drug-likeness (QED) is 0.782. The van der Waals surface area contributed by atoms with E-state index in [4.69, 9.17) is 5.11 Å². The average molecular weight is 229 g/mol. The zero-order valence-corrected chi connectivity index (χ0v) is 10.0. The molecule has 0 amide bonds. The fraction of sp³-hybridized carbons (Fsp3) is 0.909. The second kappa shape index (κ2) is 4.74. The molecule has 0 aromatic carbocycles. The molecular formula is C11H19NO2S. The monoisotopic (exact) mass is 229 g/mol. The van der Waals surface area contributed by atoms with Crippen molar-refractivity contribution in [2.45, 2.75) is 37.5 Å². The number of carbonyl (C=O) groups is 1. The Balaban J connectivity index is 1.91. The second-order valence-corrected chi connectivity index (χ2v) is 6.09. The van der Waals surface area contributed by atoms with E-state index in [0.717, 1.165) is 19.5 Å². The molecule has 3 unspecified atom stereocenters. The molecule has 2 saturated heterocycles. The summed E-state index contributed by atoms with van der Waals surface area (Å²) in [6.07, 6.45) is 3.37. The summed E-state index contributed by atoms with van der Waals surface area (Å²) in [7, 11) is 0. The Morgan fingerprint density at radius 3 is 2.87 bits per heavy atom. The van der Waals surface area contributed by atoms with E-state index < -0.39 is 5.97 Å². The van der Waals surface area contributed by atoms with Crippen LogP contribution in [0.25, 0.3) is 0 Å². The zero-order valence-electron chi connectivity index (χ0n) is 9.19. The number of thioether (sulfide) groups is 1. The maximum atomic E-state index is 10.9. The van der Waals surface area contributed by atoms with Crippen LogP contribution < -0.4 is 0 Å². The number of hydrogen-bond donors (Lipinski definition) is 1. The van der Waals surface area contributed by atoms with E-state index in [-0.39, 0.29) is 5.92 Å².